The van der Waals surface area contributed by atoms with Crippen molar-refractivity contribution < 1.29 is 9.53 Å². The summed E-state index contributed by atoms with van der Waals surface area (Å²) >= 11 is 7.78. The summed E-state index contributed by atoms with van der Waals surface area (Å²) in [4.78, 5) is 20.9. The van der Waals surface area contributed by atoms with E-state index in [-0.39, 0.29) is 0 Å². The average molecular weight is 421 g/mol. The number of nitrogens with zero attached hydrogens (tertiary/aromatic N) is 2. The molecule has 4 nitrogen and oxygen atoms in total. The first-order valence-electron chi connectivity index (χ1n) is 9.90. The third-order valence-electron chi connectivity index (χ3n) is 4.20. The summed E-state index contributed by atoms with van der Waals surface area (Å²) in [7, 11) is 0. The number of aromatic nitrogens is 2. The highest BCUT2D eigenvalue weighted by atomic mass is 35.5. The lowest BCUT2D eigenvalue weighted by Crippen LogP contribution is -2.22. The topological polar surface area (TPSA) is 52.1 Å². The van der Waals surface area contributed by atoms with Gasteiger partial charge in [-0.25, -0.2) is 9.97 Å². The molecule has 0 aliphatic rings. The molecular weight excluding hydrogens is 392 g/mol. The number of ether oxygens (including phenoxy) is 1. The minimum absolute atomic E-state index is 0.343. The van der Waals surface area contributed by atoms with Crippen molar-refractivity contribution in [2.24, 2.45) is 5.92 Å². The number of esters is 1. The van der Waals surface area contributed by atoms with Crippen molar-refractivity contribution in [1.82, 2.24) is 9.97 Å². The van der Waals surface area contributed by atoms with Crippen molar-refractivity contribution in [3.8, 4) is 16.9 Å². The maximum Gasteiger partial charge on any atom is 0.329 e. The van der Waals surface area contributed by atoms with Crippen LogP contribution in [0.1, 0.15) is 52.9 Å². The molecule has 0 radical (unpaired) electrons. The summed E-state index contributed by atoms with van der Waals surface area (Å²) in [6, 6.07) is 7.32. The van der Waals surface area contributed by atoms with E-state index in [9.17, 15) is 4.79 Å². The van der Waals surface area contributed by atoms with Crippen molar-refractivity contribution in [1.29, 1.82) is 0 Å². The van der Waals surface area contributed by atoms with Crippen molar-refractivity contribution in [2.75, 3.05) is 5.75 Å². The Hall–Kier alpha value is -1.59. The fourth-order valence-electron chi connectivity index (χ4n) is 2.64. The molecule has 1 atom stereocenters. The summed E-state index contributed by atoms with van der Waals surface area (Å²) < 4.78 is 5.35. The standard InChI is InChI=1S/C22H29ClN2O2S/c1-4-5-6-7-12-28-22-24-14-18(15-25-22)17-8-10-19(11-9-17)27-21(26)20(23)13-16(2)3/h8-11,14-16,20H,4-7,12-13H2,1-3H3/t20-/m0/s1. The number of thioether (sulfide) groups is 1. The molecule has 0 bridgehead atoms. The fourth-order valence-corrected chi connectivity index (χ4v) is 3.82. The molecule has 6 heteroatoms. The van der Waals surface area contributed by atoms with Crippen molar-refractivity contribution in [2.45, 2.75) is 63.4 Å². The van der Waals surface area contributed by atoms with Crippen LogP contribution in [0, 0.1) is 5.92 Å². The molecule has 1 heterocycles. The van der Waals surface area contributed by atoms with Crippen LogP contribution in [0.15, 0.2) is 41.8 Å². The molecule has 0 unspecified atom stereocenters. The first-order chi connectivity index (χ1) is 13.5. The molecule has 2 rings (SSSR count). The molecule has 2 aromatic rings. The Kier molecular flexibility index (Phi) is 9.79. The Bertz CT molecular complexity index is 720. The molecular formula is C22H29ClN2O2S. The number of carbonyl (C=O) groups excluding carboxylic acids is 1. The summed E-state index contributed by atoms with van der Waals surface area (Å²) in [5, 5.41) is 0.184. The highest BCUT2D eigenvalue weighted by Gasteiger charge is 2.19. The van der Waals surface area contributed by atoms with Crippen LogP contribution in [0.2, 0.25) is 0 Å². The second-order valence-corrected chi connectivity index (χ2v) is 8.79. The fraction of sp³-hybridized carbons (Fsp3) is 0.500. The molecule has 0 spiro atoms. The molecule has 0 N–H and O–H groups in total. The van der Waals surface area contributed by atoms with Gasteiger partial charge >= 0.3 is 5.97 Å². The first kappa shape index (κ1) is 22.7. The summed E-state index contributed by atoms with van der Waals surface area (Å²) in [6.45, 7) is 6.26. The average Bonchev–Trinajstić information content (AvgIpc) is 2.68. The zero-order chi connectivity index (χ0) is 20.4. The van der Waals surface area contributed by atoms with Gasteiger partial charge in [0.05, 0.1) is 0 Å². The van der Waals surface area contributed by atoms with E-state index in [1.54, 1.807) is 23.9 Å². The lowest BCUT2D eigenvalue weighted by atomic mass is 10.1. The van der Waals surface area contributed by atoms with E-state index >= 15 is 0 Å². The van der Waals surface area contributed by atoms with Crippen LogP contribution < -0.4 is 4.74 Å². The number of carbonyl (C=O) groups is 1. The van der Waals surface area contributed by atoms with Gasteiger partial charge in [-0.3, -0.25) is 4.79 Å². The van der Waals surface area contributed by atoms with Crippen molar-refractivity contribution in [3.05, 3.63) is 36.7 Å². The third-order valence-corrected chi connectivity index (χ3v) is 5.52. The van der Waals surface area contributed by atoms with Crippen molar-refractivity contribution in [3.63, 3.8) is 0 Å². The monoisotopic (exact) mass is 420 g/mol. The van der Waals surface area contributed by atoms with Gasteiger partial charge < -0.3 is 4.74 Å². The van der Waals surface area contributed by atoms with Gasteiger partial charge in [0.1, 0.15) is 11.1 Å². The smallest absolute Gasteiger partial charge is 0.329 e. The summed E-state index contributed by atoms with van der Waals surface area (Å²) in [6.07, 6.45) is 9.26. The van der Waals surface area contributed by atoms with Gasteiger partial charge in [0.25, 0.3) is 0 Å². The van der Waals surface area contributed by atoms with Crippen LogP contribution in [0.5, 0.6) is 5.75 Å². The molecule has 0 aliphatic heterocycles. The first-order valence-corrected chi connectivity index (χ1v) is 11.3. The van der Waals surface area contributed by atoms with Gasteiger partial charge in [-0.2, -0.15) is 0 Å². The van der Waals surface area contributed by atoms with Gasteiger partial charge in [0.2, 0.25) is 0 Å². The summed E-state index contributed by atoms with van der Waals surface area (Å²) in [5.74, 6) is 1.47. The van der Waals surface area contributed by atoms with E-state index in [4.69, 9.17) is 16.3 Å². The maximum absolute atomic E-state index is 12.0. The largest absolute Gasteiger partial charge is 0.425 e. The number of hydrogen-bond acceptors (Lipinski definition) is 5. The third kappa shape index (κ3) is 7.80. The predicted octanol–water partition coefficient (Wildman–Crippen LogP) is 6.37. The Morgan fingerprint density at radius 1 is 1.07 bits per heavy atom. The zero-order valence-corrected chi connectivity index (χ0v) is 18.4. The quantitative estimate of drug-likeness (QED) is 0.105. The Balaban J connectivity index is 1.88. The van der Waals surface area contributed by atoms with Crippen LogP contribution in [0.3, 0.4) is 0 Å². The minimum atomic E-state index is -0.625. The van der Waals surface area contributed by atoms with Crippen molar-refractivity contribution >= 4 is 29.3 Å². The molecule has 0 fully saturated rings. The van der Waals surface area contributed by atoms with Gasteiger partial charge in [-0.1, -0.05) is 63.9 Å². The van der Waals surface area contributed by atoms with E-state index in [1.807, 2.05) is 38.4 Å². The van der Waals surface area contributed by atoms with Crippen LogP contribution >= 0.6 is 23.4 Å². The molecule has 0 aliphatic carbocycles. The molecule has 0 amide bonds. The van der Waals surface area contributed by atoms with Gasteiger partial charge in [0.15, 0.2) is 5.16 Å². The number of rotatable bonds is 11. The number of unbranched alkanes of at least 4 members (excludes halogenated alkanes) is 3. The Labute approximate surface area is 177 Å². The van der Waals surface area contributed by atoms with E-state index in [0.717, 1.165) is 22.0 Å². The van der Waals surface area contributed by atoms with Gasteiger partial charge in [-0.05, 0) is 36.5 Å². The minimum Gasteiger partial charge on any atom is -0.425 e. The van der Waals surface area contributed by atoms with E-state index in [0.29, 0.717) is 18.1 Å². The SMILES string of the molecule is CCCCCCSc1ncc(-c2ccc(OC(=O)[C@@H](Cl)CC(C)C)cc2)cn1. The lowest BCUT2D eigenvalue weighted by Gasteiger charge is -2.11. The van der Waals surface area contributed by atoms with Crippen LogP contribution in [0.4, 0.5) is 0 Å². The number of benzene rings is 1. The zero-order valence-electron chi connectivity index (χ0n) is 16.9. The molecule has 28 heavy (non-hydrogen) atoms. The number of alkyl halides is 1. The Morgan fingerprint density at radius 3 is 2.36 bits per heavy atom. The van der Waals surface area contributed by atoms with Gasteiger partial charge in [0, 0.05) is 23.7 Å². The maximum atomic E-state index is 12.0. The van der Waals surface area contributed by atoms with Crippen LogP contribution in [0.25, 0.3) is 11.1 Å². The molecule has 0 saturated carbocycles. The molecule has 1 aromatic heterocycles. The normalized spacial score (nSPS) is 12.2. The highest BCUT2D eigenvalue weighted by Crippen LogP contribution is 2.24. The summed E-state index contributed by atoms with van der Waals surface area (Å²) in [5.41, 5.74) is 1.91. The molecule has 1 aromatic carbocycles. The second-order valence-electron chi connectivity index (χ2n) is 7.21. The molecule has 152 valence electrons. The Morgan fingerprint density at radius 2 is 1.75 bits per heavy atom. The number of halogens is 1. The lowest BCUT2D eigenvalue weighted by molar-refractivity contribution is -0.134. The molecule has 0 saturated heterocycles. The van der Waals surface area contributed by atoms with Crippen LogP contribution in [-0.4, -0.2) is 27.1 Å². The second kappa shape index (κ2) is 12.1. The predicted molar refractivity (Wildman–Crippen MR) is 117 cm³/mol. The van der Waals surface area contributed by atoms with Gasteiger partial charge in [-0.15, -0.1) is 11.6 Å². The number of hydrogen-bond donors (Lipinski definition) is 0. The van der Waals surface area contributed by atoms with Crippen LogP contribution in [-0.2, 0) is 4.79 Å². The highest BCUT2D eigenvalue weighted by molar-refractivity contribution is 7.99. The van der Waals surface area contributed by atoms with E-state index in [1.165, 1.54) is 25.7 Å². The van der Waals surface area contributed by atoms with E-state index < -0.39 is 11.3 Å². The van der Waals surface area contributed by atoms with E-state index in [2.05, 4.69) is 16.9 Å².